The average Bonchev–Trinajstić information content (AvgIpc) is 3.30. The number of hydrogen-bond acceptors (Lipinski definition) is 0. The van der Waals surface area contributed by atoms with Gasteiger partial charge < -0.3 is 0 Å². The molecular formula is C30H28Si. The Labute approximate surface area is 185 Å². The smallest absolute Gasteiger partial charge is 0.0686 e. The van der Waals surface area contributed by atoms with Crippen LogP contribution in [0.5, 0.6) is 0 Å². The highest BCUT2D eigenvalue weighted by atomic mass is 28.3. The molecular weight excluding hydrogens is 388 g/mol. The van der Waals surface area contributed by atoms with E-state index in [0.717, 1.165) is 12.8 Å². The van der Waals surface area contributed by atoms with Gasteiger partial charge in [-0.2, -0.15) is 0 Å². The fourth-order valence-corrected chi connectivity index (χ4v) is 10.9. The molecule has 0 fully saturated rings. The lowest BCUT2D eigenvalue weighted by Crippen LogP contribution is -2.31. The third-order valence-electron chi connectivity index (χ3n) is 7.55. The molecule has 0 radical (unpaired) electrons. The molecule has 0 heterocycles. The summed E-state index contributed by atoms with van der Waals surface area (Å²) in [5.41, 5.74) is 9.28. The van der Waals surface area contributed by atoms with Crippen LogP contribution in [0.15, 0.2) is 83.9 Å². The van der Waals surface area contributed by atoms with E-state index in [4.69, 9.17) is 0 Å². The van der Waals surface area contributed by atoms with Crippen LogP contribution in [0.4, 0.5) is 0 Å². The van der Waals surface area contributed by atoms with Crippen LogP contribution >= 0.6 is 0 Å². The van der Waals surface area contributed by atoms with Gasteiger partial charge in [-0.05, 0) is 80.9 Å². The zero-order valence-electron chi connectivity index (χ0n) is 18.8. The molecule has 2 aliphatic rings. The molecule has 0 unspecified atom stereocenters. The summed E-state index contributed by atoms with van der Waals surface area (Å²) in [6.07, 6.45) is 2.20. The van der Waals surface area contributed by atoms with Crippen molar-refractivity contribution in [3.05, 3.63) is 106 Å². The first-order chi connectivity index (χ1) is 15.0. The van der Waals surface area contributed by atoms with Crippen molar-refractivity contribution in [1.82, 2.24) is 0 Å². The van der Waals surface area contributed by atoms with Gasteiger partial charge in [0.1, 0.15) is 8.07 Å². The lowest BCUT2D eigenvalue weighted by Gasteiger charge is -2.31. The van der Waals surface area contributed by atoms with E-state index in [1.54, 1.807) is 32.7 Å². The molecule has 4 aromatic carbocycles. The second kappa shape index (κ2) is 6.55. The van der Waals surface area contributed by atoms with E-state index in [-0.39, 0.29) is 0 Å². The van der Waals surface area contributed by atoms with Crippen LogP contribution in [0, 0.1) is 0 Å². The Morgan fingerprint density at radius 3 is 1.42 bits per heavy atom. The van der Waals surface area contributed by atoms with Crippen molar-refractivity contribution in [3.63, 3.8) is 0 Å². The number of rotatable bonds is 2. The van der Waals surface area contributed by atoms with Crippen LogP contribution in [0.1, 0.15) is 36.1 Å². The molecule has 4 aromatic rings. The number of allylic oxidation sites excluding steroid dienone is 2. The highest BCUT2D eigenvalue weighted by Gasteiger charge is 2.41. The Morgan fingerprint density at radius 1 is 0.548 bits per heavy atom. The molecule has 0 N–H and O–H groups in total. The van der Waals surface area contributed by atoms with Gasteiger partial charge in [-0.1, -0.05) is 97.0 Å². The number of benzene rings is 4. The Bertz CT molecular complexity index is 1350. The summed E-state index contributed by atoms with van der Waals surface area (Å²) in [5, 5.41) is 8.94. The quantitative estimate of drug-likeness (QED) is 0.289. The first kappa shape index (κ1) is 18.8. The summed E-state index contributed by atoms with van der Waals surface area (Å²) < 4.78 is 0. The Hall–Kier alpha value is -2.90. The van der Waals surface area contributed by atoms with Crippen molar-refractivity contribution in [2.45, 2.75) is 39.8 Å². The largest absolute Gasteiger partial charge is 0.113 e. The second-order valence-corrected chi connectivity index (χ2v) is 14.2. The highest BCUT2D eigenvalue weighted by molar-refractivity contribution is 7.09. The molecule has 0 atom stereocenters. The van der Waals surface area contributed by atoms with E-state index >= 15 is 0 Å². The Balaban J connectivity index is 1.63. The fraction of sp³-hybridized carbons (Fsp3) is 0.200. The van der Waals surface area contributed by atoms with Crippen molar-refractivity contribution >= 4 is 40.0 Å². The molecule has 0 bridgehead atoms. The summed E-state index contributed by atoms with van der Waals surface area (Å²) in [6, 6.07) is 27.3. The molecule has 0 spiro atoms. The average molecular weight is 417 g/mol. The van der Waals surface area contributed by atoms with Crippen molar-refractivity contribution in [2.75, 3.05) is 0 Å². The Morgan fingerprint density at radius 2 is 0.968 bits per heavy atom. The minimum atomic E-state index is -1.94. The summed E-state index contributed by atoms with van der Waals surface area (Å²) in [5.74, 6) is 0. The summed E-state index contributed by atoms with van der Waals surface area (Å²) in [7, 11) is -1.94. The lowest BCUT2D eigenvalue weighted by molar-refractivity contribution is 1.20. The first-order valence-electron chi connectivity index (χ1n) is 11.4. The first-order valence-corrected chi connectivity index (χ1v) is 14.4. The third kappa shape index (κ3) is 2.60. The lowest BCUT2D eigenvalue weighted by atomic mass is 10.0. The summed E-state index contributed by atoms with van der Waals surface area (Å²) in [6.45, 7) is 9.96. The predicted molar refractivity (Wildman–Crippen MR) is 138 cm³/mol. The summed E-state index contributed by atoms with van der Waals surface area (Å²) >= 11 is 0. The maximum Gasteiger partial charge on any atom is 0.113 e. The fourth-order valence-electron chi connectivity index (χ4n) is 6.51. The zero-order chi connectivity index (χ0) is 21.3. The van der Waals surface area contributed by atoms with Crippen molar-refractivity contribution < 1.29 is 0 Å². The zero-order valence-corrected chi connectivity index (χ0v) is 19.8. The van der Waals surface area contributed by atoms with Gasteiger partial charge in [-0.25, -0.2) is 0 Å². The molecule has 6 rings (SSSR count). The molecule has 1 heteroatoms. The van der Waals surface area contributed by atoms with E-state index in [2.05, 4.69) is 99.7 Å². The topological polar surface area (TPSA) is 0 Å². The summed E-state index contributed by atoms with van der Waals surface area (Å²) in [4.78, 5) is 0. The van der Waals surface area contributed by atoms with Crippen LogP contribution in [-0.4, -0.2) is 8.07 Å². The molecule has 0 saturated carbocycles. The van der Waals surface area contributed by atoms with E-state index in [1.807, 2.05) is 0 Å². The van der Waals surface area contributed by atoms with Crippen LogP contribution in [0.25, 0.3) is 31.9 Å². The van der Waals surface area contributed by atoms with Gasteiger partial charge in [0.05, 0.1) is 0 Å². The molecule has 0 amide bonds. The monoisotopic (exact) mass is 416 g/mol. The molecule has 0 saturated heterocycles. The maximum absolute atomic E-state index is 2.60. The van der Waals surface area contributed by atoms with Gasteiger partial charge in [0.15, 0.2) is 0 Å². The van der Waals surface area contributed by atoms with E-state index in [0.29, 0.717) is 0 Å². The van der Waals surface area contributed by atoms with Gasteiger partial charge in [0, 0.05) is 0 Å². The minimum absolute atomic E-state index is 1.10. The molecule has 0 aliphatic heterocycles. The van der Waals surface area contributed by atoms with Crippen LogP contribution in [0.2, 0.25) is 13.1 Å². The molecule has 0 nitrogen and oxygen atoms in total. The van der Waals surface area contributed by atoms with Crippen LogP contribution in [-0.2, 0) is 12.8 Å². The highest BCUT2D eigenvalue weighted by Crippen LogP contribution is 2.51. The second-order valence-electron chi connectivity index (χ2n) is 9.93. The number of hydrogen-bond donors (Lipinski definition) is 0. The minimum Gasteiger partial charge on any atom is -0.0686 e. The maximum atomic E-state index is 2.60. The molecule has 31 heavy (non-hydrogen) atoms. The van der Waals surface area contributed by atoms with Gasteiger partial charge in [0.2, 0.25) is 0 Å². The standard InChI is InChI=1S/C30H28Si/c1-19-17-23-15-13-21-9-5-7-11-25(21)27(23)29(19)31(3,4)30-20(2)18-24-16-14-22-10-6-8-12-26(22)28(24)30/h5-16H,17-18H2,1-4H3. The van der Waals surface area contributed by atoms with Gasteiger partial charge >= 0.3 is 0 Å². The van der Waals surface area contributed by atoms with Gasteiger partial charge in [0.25, 0.3) is 0 Å². The third-order valence-corrected chi connectivity index (χ3v) is 11.4. The van der Waals surface area contributed by atoms with Gasteiger partial charge in [-0.15, -0.1) is 0 Å². The Kier molecular flexibility index (Phi) is 3.98. The van der Waals surface area contributed by atoms with E-state index in [9.17, 15) is 0 Å². The van der Waals surface area contributed by atoms with Crippen molar-refractivity contribution in [1.29, 1.82) is 0 Å². The van der Waals surface area contributed by atoms with Gasteiger partial charge in [-0.3, -0.25) is 0 Å². The van der Waals surface area contributed by atoms with E-state index in [1.165, 1.54) is 32.7 Å². The van der Waals surface area contributed by atoms with Crippen molar-refractivity contribution in [3.8, 4) is 0 Å². The SMILES string of the molecule is CC1=C([Si](C)(C)C2=C(C)Cc3ccc4ccccc4c32)c2c(ccc3ccccc23)C1. The van der Waals surface area contributed by atoms with E-state index < -0.39 is 8.07 Å². The predicted octanol–water partition coefficient (Wildman–Crippen LogP) is 8.14. The number of fused-ring (bicyclic) bond motifs is 6. The molecule has 2 aliphatic carbocycles. The molecule has 0 aromatic heterocycles. The van der Waals surface area contributed by atoms with Crippen LogP contribution in [0.3, 0.4) is 0 Å². The normalized spacial score (nSPS) is 15.9. The molecule has 152 valence electrons. The van der Waals surface area contributed by atoms with Crippen molar-refractivity contribution in [2.24, 2.45) is 0 Å². The van der Waals surface area contributed by atoms with Crippen LogP contribution < -0.4 is 0 Å².